The molecule has 0 aliphatic heterocycles. The van der Waals surface area contributed by atoms with Crippen molar-refractivity contribution in [2.24, 2.45) is 23.2 Å². The molecule has 2 unspecified atom stereocenters. The molecule has 2 nitrogen and oxygen atoms in total. The van der Waals surface area contributed by atoms with Crippen molar-refractivity contribution in [3.63, 3.8) is 0 Å². The zero-order valence-corrected chi connectivity index (χ0v) is 8.54. The van der Waals surface area contributed by atoms with Crippen LogP contribution >= 0.6 is 0 Å². The zero-order chi connectivity index (χ0) is 9.76. The lowest BCUT2D eigenvalue weighted by molar-refractivity contribution is -0.144. The summed E-state index contributed by atoms with van der Waals surface area (Å²) in [4.78, 5) is 11.1. The Hall–Kier alpha value is -0.530. The van der Waals surface area contributed by atoms with Gasteiger partial charge in [0.2, 0.25) is 0 Å². The summed E-state index contributed by atoms with van der Waals surface area (Å²) in [6, 6.07) is 0. The van der Waals surface area contributed by atoms with Gasteiger partial charge in [0.05, 0.1) is 5.92 Å². The van der Waals surface area contributed by atoms with Gasteiger partial charge in [-0.3, -0.25) is 4.79 Å². The Morgan fingerprint density at radius 1 is 1.14 bits per heavy atom. The summed E-state index contributed by atoms with van der Waals surface area (Å²) in [5.74, 6) is 1.10. The lowest BCUT2D eigenvalue weighted by Gasteiger charge is -2.33. The van der Waals surface area contributed by atoms with E-state index >= 15 is 0 Å². The molecule has 0 aromatic carbocycles. The van der Waals surface area contributed by atoms with Crippen molar-refractivity contribution in [2.45, 2.75) is 44.9 Å². The molecule has 1 spiro atoms. The molecule has 0 bridgehead atoms. The summed E-state index contributed by atoms with van der Waals surface area (Å²) in [6.45, 7) is 0. The monoisotopic (exact) mass is 194 g/mol. The van der Waals surface area contributed by atoms with Crippen LogP contribution in [0.5, 0.6) is 0 Å². The van der Waals surface area contributed by atoms with Crippen LogP contribution in [0.2, 0.25) is 0 Å². The standard InChI is InChI=1S/C12H18O2/c13-11(14)10-5-9(8-1-2-8)6-12(7-10)3-4-12/h8-10H,1-7H2,(H,13,14). The number of carboxylic acid groups (broad SMARTS) is 1. The largest absolute Gasteiger partial charge is 0.481 e. The first-order valence-corrected chi connectivity index (χ1v) is 5.91. The Morgan fingerprint density at radius 3 is 2.36 bits per heavy atom. The van der Waals surface area contributed by atoms with Crippen molar-refractivity contribution in [2.75, 3.05) is 0 Å². The van der Waals surface area contributed by atoms with Crippen LogP contribution in [0, 0.1) is 23.2 Å². The molecular formula is C12H18O2. The van der Waals surface area contributed by atoms with Crippen LogP contribution in [0.4, 0.5) is 0 Å². The molecule has 2 heteroatoms. The SMILES string of the molecule is O=C(O)C1CC(C2CC2)CC2(CC2)C1. The van der Waals surface area contributed by atoms with Gasteiger partial charge in [0.25, 0.3) is 0 Å². The Labute approximate surface area is 84.7 Å². The summed E-state index contributed by atoms with van der Waals surface area (Å²) < 4.78 is 0. The Balaban J connectivity index is 1.73. The molecule has 3 saturated carbocycles. The minimum atomic E-state index is -0.540. The minimum absolute atomic E-state index is 0.0168. The molecule has 14 heavy (non-hydrogen) atoms. The maximum absolute atomic E-state index is 11.1. The number of carbonyl (C=O) groups is 1. The number of hydrogen-bond donors (Lipinski definition) is 1. The molecule has 1 N–H and O–H groups in total. The van der Waals surface area contributed by atoms with Crippen molar-refractivity contribution in [1.82, 2.24) is 0 Å². The van der Waals surface area contributed by atoms with Crippen LogP contribution in [0.3, 0.4) is 0 Å². The second-order valence-corrected chi connectivity index (χ2v) is 5.78. The fourth-order valence-corrected chi connectivity index (χ4v) is 3.39. The fraction of sp³-hybridized carbons (Fsp3) is 0.917. The summed E-state index contributed by atoms with van der Waals surface area (Å²) in [7, 11) is 0. The first-order valence-electron chi connectivity index (χ1n) is 5.91. The van der Waals surface area contributed by atoms with Crippen molar-refractivity contribution >= 4 is 5.97 Å². The van der Waals surface area contributed by atoms with E-state index in [1.165, 1.54) is 32.1 Å². The average Bonchev–Trinajstić information content (AvgIpc) is 2.99. The number of rotatable bonds is 2. The predicted molar refractivity (Wildman–Crippen MR) is 52.9 cm³/mol. The highest BCUT2D eigenvalue weighted by atomic mass is 16.4. The van der Waals surface area contributed by atoms with Gasteiger partial charge in [0.15, 0.2) is 0 Å². The lowest BCUT2D eigenvalue weighted by Crippen LogP contribution is -2.29. The Bertz CT molecular complexity index is 263. The van der Waals surface area contributed by atoms with Gasteiger partial charge in [-0.15, -0.1) is 0 Å². The molecular weight excluding hydrogens is 176 g/mol. The number of hydrogen-bond acceptors (Lipinski definition) is 1. The normalized spacial score (nSPS) is 39.7. The van der Waals surface area contributed by atoms with Crippen molar-refractivity contribution in [3.8, 4) is 0 Å². The van der Waals surface area contributed by atoms with Crippen molar-refractivity contribution < 1.29 is 9.90 Å². The second kappa shape index (κ2) is 2.74. The van der Waals surface area contributed by atoms with Gasteiger partial charge in [0.1, 0.15) is 0 Å². The topological polar surface area (TPSA) is 37.3 Å². The Kier molecular flexibility index (Phi) is 1.71. The van der Waals surface area contributed by atoms with Crippen molar-refractivity contribution in [1.29, 1.82) is 0 Å². The second-order valence-electron chi connectivity index (χ2n) is 5.78. The smallest absolute Gasteiger partial charge is 0.306 e. The molecule has 3 fully saturated rings. The van der Waals surface area contributed by atoms with Gasteiger partial charge in [-0.1, -0.05) is 0 Å². The maximum Gasteiger partial charge on any atom is 0.306 e. The third-order valence-electron chi connectivity index (χ3n) is 4.56. The predicted octanol–water partition coefficient (Wildman–Crippen LogP) is 2.68. The highest BCUT2D eigenvalue weighted by molar-refractivity contribution is 5.70. The highest BCUT2D eigenvalue weighted by Gasteiger charge is 2.52. The van der Waals surface area contributed by atoms with E-state index in [1.807, 2.05) is 0 Å². The molecule has 0 heterocycles. The summed E-state index contributed by atoms with van der Waals surface area (Å²) >= 11 is 0. The molecule has 78 valence electrons. The van der Waals surface area contributed by atoms with Crippen LogP contribution in [0.1, 0.15) is 44.9 Å². The number of aliphatic carboxylic acids is 1. The van der Waals surface area contributed by atoms with Crippen LogP contribution in [-0.2, 0) is 4.79 Å². The van der Waals surface area contributed by atoms with Crippen LogP contribution in [0.15, 0.2) is 0 Å². The van der Waals surface area contributed by atoms with E-state index in [1.54, 1.807) is 0 Å². The molecule has 0 saturated heterocycles. The molecule has 0 aromatic heterocycles. The quantitative estimate of drug-likeness (QED) is 0.733. The fourth-order valence-electron chi connectivity index (χ4n) is 3.39. The van der Waals surface area contributed by atoms with E-state index in [-0.39, 0.29) is 5.92 Å². The first-order chi connectivity index (χ1) is 6.69. The third-order valence-corrected chi connectivity index (χ3v) is 4.56. The highest BCUT2D eigenvalue weighted by Crippen LogP contribution is 2.62. The molecule has 2 atom stereocenters. The molecule has 3 rings (SSSR count). The van der Waals surface area contributed by atoms with Crippen LogP contribution in [0.25, 0.3) is 0 Å². The average molecular weight is 194 g/mol. The summed E-state index contributed by atoms with van der Waals surface area (Å²) in [5.41, 5.74) is 0.495. The van der Waals surface area contributed by atoms with Crippen LogP contribution < -0.4 is 0 Å². The molecule has 3 aliphatic rings. The van der Waals surface area contributed by atoms with E-state index in [9.17, 15) is 4.79 Å². The lowest BCUT2D eigenvalue weighted by atomic mass is 9.71. The van der Waals surface area contributed by atoms with Crippen molar-refractivity contribution in [3.05, 3.63) is 0 Å². The number of carboxylic acids is 1. The van der Waals surface area contributed by atoms with E-state index in [4.69, 9.17) is 5.11 Å². The zero-order valence-electron chi connectivity index (χ0n) is 8.54. The molecule has 0 amide bonds. The Morgan fingerprint density at radius 2 is 1.86 bits per heavy atom. The summed E-state index contributed by atoms with van der Waals surface area (Å²) in [6.07, 6.45) is 8.65. The van der Waals surface area contributed by atoms with Gasteiger partial charge in [-0.25, -0.2) is 0 Å². The van der Waals surface area contributed by atoms with Gasteiger partial charge in [-0.05, 0) is 62.2 Å². The van der Waals surface area contributed by atoms with Gasteiger partial charge >= 0.3 is 5.97 Å². The van der Waals surface area contributed by atoms with E-state index < -0.39 is 5.97 Å². The van der Waals surface area contributed by atoms with E-state index in [0.717, 1.165) is 24.7 Å². The minimum Gasteiger partial charge on any atom is -0.481 e. The van der Waals surface area contributed by atoms with E-state index in [2.05, 4.69) is 0 Å². The third kappa shape index (κ3) is 1.45. The summed E-state index contributed by atoms with van der Waals surface area (Å²) in [5, 5.41) is 9.12. The van der Waals surface area contributed by atoms with Gasteiger partial charge < -0.3 is 5.11 Å². The molecule has 3 aliphatic carbocycles. The van der Waals surface area contributed by atoms with Gasteiger partial charge in [-0.2, -0.15) is 0 Å². The molecule has 0 radical (unpaired) electrons. The molecule has 0 aromatic rings. The first kappa shape index (κ1) is 8.75. The van der Waals surface area contributed by atoms with E-state index in [0.29, 0.717) is 5.41 Å². The van der Waals surface area contributed by atoms with Gasteiger partial charge in [0, 0.05) is 0 Å². The van der Waals surface area contributed by atoms with Crippen LogP contribution in [-0.4, -0.2) is 11.1 Å². The maximum atomic E-state index is 11.1.